The van der Waals surface area contributed by atoms with Gasteiger partial charge in [0, 0.05) is 31.2 Å². The van der Waals surface area contributed by atoms with Crippen LogP contribution >= 0.6 is 12.4 Å². The third kappa shape index (κ3) is 4.75. The number of nitrogens with zero attached hydrogens (tertiary/aromatic N) is 1. The summed E-state index contributed by atoms with van der Waals surface area (Å²) in [5.41, 5.74) is 7.30. The van der Waals surface area contributed by atoms with Gasteiger partial charge in [0.2, 0.25) is 0 Å². The SMILES string of the molecule is Cc1ccccc1C(=O)NC1CCN(C(=O)[C@@H]2CC[C@H](CN)O2)CC1.Cl. The Balaban J connectivity index is 0.00000243. The number of hydrogen-bond acceptors (Lipinski definition) is 4. The summed E-state index contributed by atoms with van der Waals surface area (Å²) >= 11 is 0. The first-order chi connectivity index (χ1) is 12.1. The second-order valence-corrected chi connectivity index (χ2v) is 6.95. The van der Waals surface area contributed by atoms with Crippen molar-refractivity contribution in [3.05, 3.63) is 35.4 Å². The van der Waals surface area contributed by atoms with E-state index >= 15 is 0 Å². The molecular weight excluding hydrogens is 354 g/mol. The average Bonchev–Trinajstić information content (AvgIpc) is 3.11. The number of aryl methyl sites for hydroxylation is 1. The van der Waals surface area contributed by atoms with E-state index in [2.05, 4.69) is 5.32 Å². The predicted molar refractivity (Wildman–Crippen MR) is 102 cm³/mol. The van der Waals surface area contributed by atoms with E-state index in [1.54, 1.807) is 0 Å². The van der Waals surface area contributed by atoms with Crippen LogP contribution in [0.15, 0.2) is 24.3 Å². The fourth-order valence-corrected chi connectivity index (χ4v) is 3.60. The lowest BCUT2D eigenvalue weighted by atomic mass is 10.0. The maximum absolute atomic E-state index is 12.5. The molecule has 2 aliphatic heterocycles. The monoisotopic (exact) mass is 381 g/mol. The van der Waals surface area contributed by atoms with E-state index in [4.69, 9.17) is 10.5 Å². The van der Waals surface area contributed by atoms with Gasteiger partial charge in [0.25, 0.3) is 11.8 Å². The highest BCUT2D eigenvalue weighted by Crippen LogP contribution is 2.22. The number of rotatable bonds is 4. The number of carbonyl (C=O) groups excluding carboxylic acids is 2. The van der Waals surface area contributed by atoms with Crippen LogP contribution in [0.2, 0.25) is 0 Å². The summed E-state index contributed by atoms with van der Waals surface area (Å²) < 4.78 is 5.70. The minimum atomic E-state index is -0.341. The number of piperidine rings is 1. The van der Waals surface area contributed by atoms with E-state index < -0.39 is 0 Å². The number of nitrogens with one attached hydrogen (secondary N) is 1. The zero-order chi connectivity index (χ0) is 17.8. The van der Waals surface area contributed by atoms with Gasteiger partial charge < -0.3 is 20.7 Å². The summed E-state index contributed by atoms with van der Waals surface area (Å²) in [6, 6.07) is 7.69. The lowest BCUT2D eigenvalue weighted by molar-refractivity contribution is -0.143. The molecule has 0 aliphatic carbocycles. The number of ether oxygens (including phenoxy) is 1. The normalized spacial score (nSPS) is 23.4. The minimum Gasteiger partial charge on any atom is -0.364 e. The molecule has 2 heterocycles. The van der Waals surface area contributed by atoms with E-state index in [1.807, 2.05) is 36.1 Å². The summed E-state index contributed by atoms with van der Waals surface area (Å²) in [5.74, 6) is 0.0346. The van der Waals surface area contributed by atoms with Gasteiger partial charge in [-0.05, 0) is 44.2 Å². The van der Waals surface area contributed by atoms with Crippen molar-refractivity contribution in [2.24, 2.45) is 5.73 Å². The Bertz CT molecular complexity index is 632. The van der Waals surface area contributed by atoms with Crippen LogP contribution in [-0.4, -0.2) is 54.6 Å². The Morgan fingerprint density at radius 1 is 1.19 bits per heavy atom. The molecule has 26 heavy (non-hydrogen) atoms. The molecule has 6 nitrogen and oxygen atoms in total. The molecule has 0 spiro atoms. The summed E-state index contributed by atoms with van der Waals surface area (Å²) in [5, 5.41) is 3.10. The fourth-order valence-electron chi connectivity index (χ4n) is 3.60. The number of halogens is 1. The number of likely N-dealkylation sites (tertiary alicyclic amines) is 1. The molecule has 2 amide bonds. The van der Waals surface area contributed by atoms with Crippen LogP contribution < -0.4 is 11.1 Å². The predicted octanol–water partition coefficient (Wildman–Crippen LogP) is 1.64. The molecule has 0 bridgehead atoms. The highest BCUT2D eigenvalue weighted by Gasteiger charge is 2.34. The molecule has 3 N–H and O–H groups in total. The first-order valence-electron chi connectivity index (χ1n) is 9.09. The Labute approximate surface area is 160 Å². The minimum absolute atomic E-state index is 0. The van der Waals surface area contributed by atoms with Gasteiger partial charge in [-0.1, -0.05) is 18.2 Å². The molecule has 0 saturated carbocycles. The standard InChI is InChI=1S/C19H27N3O3.ClH/c1-13-4-2-3-5-16(13)18(23)21-14-8-10-22(11-9-14)19(24)17-7-6-15(12-20)25-17;/h2-5,14-15,17H,6-12,20H2,1H3,(H,21,23);1H/t15-,17+;/m1./s1. The van der Waals surface area contributed by atoms with E-state index in [0.29, 0.717) is 25.2 Å². The number of hydrogen-bond donors (Lipinski definition) is 2. The third-order valence-electron chi connectivity index (χ3n) is 5.18. The molecule has 1 aromatic rings. The van der Waals surface area contributed by atoms with Crippen molar-refractivity contribution >= 4 is 24.2 Å². The zero-order valence-corrected chi connectivity index (χ0v) is 16.0. The van der Waals surface area contributed by atoms with Crippen molar-refractivity contribution in [1.82, 2.24) is 10.2 Å². The summed E-state index contributed by atoms with van der Waals surface area (Å²) in [6.07, 6.45) is 2.83. The first-order valence-corrected chi connectivity index (χ1v) is 9.09. The van der Waals surface area contributed by atoms with Gasteiger partial charge >= 0.3 is 0 Å². The first kappa shape index (κ1) is 20.7. The lowest BCUT2D eigenvalue weighted by Gasteiger charge is -2.33. The Kier molecular flexibility index (Phi) is 7.43. The molecule has 2 fully saturated rings. The molecule has 0 radical (unpaired) electrons. The maximum atomic E-state index is 12.5. The Hall–Kier alpha value is -1.63. The van der Waals surface area contributed by atoms with Gasteiger partial charge in [0.15, 0.2) is 0 Å². The van der Waals surface area contributed by atoms with E-state index in [9.17, 15) is 9.59 Å². The van der Waals surface area contributed by atoms with Crippen LogP contribution in [0.5, 0.6) is 0 Å². The molecule has 0 aromatic heterocycles. The fraction of sp³-hybridized carbons (Fsp3) is 0.579. The van der Waals surface area contributed by atoms with Crippen LogP contribution in [0.1, 0.15) is 41.6 Å². The van der Waals surface area contributed by atoms with Crippen molar-refractivity contribution in [1.29, 1.82) is 0 Å². The Morgan fingerprint density at radius 3 is 2.50 bits per heavy atom. The van der Waals surface area contributed by atoms with Crippen LogP contribution in [0.3, 0.4) is 0 Å². The van der Waals surface area contributed by atoms with Gasteiger partial charge in [-0.2, -0.15) is 0 Å². The quantitative estimate of drug-likeness (QED) is 0.830. The van der Waals surface area contributed by atoms with Crippen molar-refractivity contribution < 1.29 is 14.3 Å². The number of benzene rings is 1. The van der Waals surface area contributed by atoms with E-state index in [-0.39, 0.29) is 42.5 Å². The lowest BCUT2D eigenvalue weighted by Crippen LogP contribution is -2.49. The molecule has 3 rings (SSSR count). The Morgan fingerprint density at radius 2 is 1.88 bits per heavy atom. The molecule has 2 atom stereocenters. The number of amides is 2. The van der Waals surface area contributed by atoms with Gasteiger partial charge in [-0.15, -0.1) is 12.4 Å². The molecule has 7 heteroatoms. The van der Waals surface area contributed by atoms with Gasteiger partial charge in [-0.3, -0.25) is 9.59 Å². The van der Waals surface area contributed by atoms with Crippen LogP contribution in [0.4, 0.5) is 0 Å². The van der Waals surface area contributed by atoms with Crippen LogP contribution in [-0.2, 0) is 9.53 Å². The summed E-state index contributed by atoms with van der Waals surface area (Å²) in [6.45, 7) is 3.72. The topological polar surface area (TPSA) is 84.7 Å². The van der Waals surface area contributed by atoms with Crippen LogP contribution in [0.25, 0.3) is 0 Å². The van der Waals surface area contributed by atoms with Crippen molar-refractivity contribution in [3.8, 4) is 0 Å². The summed E-state index contributed by atoms with van der Waals surface area (Å²) in [4.78, 5) is 26.8. The number of nitrogens with two attached hydrogens (primary N) is 1. The van der Waals surface area contributed by atoms with Gasteiger partial charge in [0.05, 0.1) is 6.10 Å². The molecule has 1 aromatic carbocycles. The third-order valence-corrected chi connectivity index (χ3v) is 5.18. The smallest absolute Gasteiger partial charge is 0.251 e. The zero-order valence-electron chi connectivity index (χ0n) is 15.1. The second-order valence-electron chi connectivity index (χ2n) is 6.95. The van der Waals surface area contributed by atoms with Gasteiger partial charge in [-0.25, -0.2) is 0 Å². The van der Waals surface area contributed by atoms with E-state index in [1.165, 1.54) is 0 Å². The molecule has 144 valence electrons. The average molecular weight is 382 g/mol. The summed E-state index contributed by atoms with van der Waals surface area (Å²) in [7, 11) is 0. The molecule has 2 saturated heterocycles. The van der Waals surface area contributed by atoms with Crippen LogP contribution in [0, 0.1) is 6.92 Å². The molecular formula is C19H28ClN3O3. The van der Waals surface area contributed by atoms with Gasteiger partial charge in [0.1, 0.15) is 6.10 Å². The number of carbonyl (C=O) groups is 2. The maximum Gasteiger partial charge on any atom is 0.251 e. The van der Waals surface area contributed by atoms with Crippen molar-refractivity contribution in [3.63, 3.8) is 0 Å². The highest BCUT2D eigenvalue weighted by molar-refractivity contribution is 5.95. The largest absolute Gasteiger partial charge is 0.364 e. The van der Waals surface area contributed by atoms with Crippen molar-refractivity contribution in [2.75, 3.05) is 19.6 Å². The van der Waals surface area contributed by atoms with E-state index in [0.717, 1.165) is 31.2 Å². The molecule has 0 unspecified atom stereocenters. The van der Waals surface area contributed by atoms with Crippen molar-refractivity contribution in [2.45, 2.75) is 50.9 Å². The second kappa shape index (κ2) is 9.35. The highest BCUT2D eigenvalue weighted by atomic mass is 35.5. The molecule has 2 aliphatic rings.